The second-order valence-electron chi connectivity index (χ2n) is 5.31. The van der Waals surface area contributed by atoms with Crippen LogP contribution in [-0.2, 0) is 16.1 Å². The van der Waals surface area contributed by atoms with Crippen molar-refractivity contribution in [2.45, 2.75) is 13.5 Å². The Morgan fingerprint density at radius 3 is 2.82 bits per heavy atom. The van der Waals surface area contributed by atoms with Crippen LogP contribution >= 0.6 is 0 Å². The molecule has 0 radical (unpaired) electrons. The van der Waals surface area contributed by atoms with Crippen molar-refractivity contribution in [3.05, 3.63) is 41.9 Å². The van der Waals surface area contributed by atoms with Gasteiger partial charge in [-0.3, -0.25) is 0 Å². The lowest BCUT2D eigenvalue weighted by Crippen LogP contribution is -2.18. The van der Waals surface area contributed by atoms with Gasteiger partial charge < -0.3 is 14.2 Å². The van der Waals surface area contributed by atoms with Gasteiger partial charge in [0.1, 0.15) is 5.82 Å². The molecule has 0 aliphatic rings. The summed E-state index contributed by atoms with van der Waals surface area (Å²) in [6, 6.07) is 6.60. The molecule has 0 unspecified atom stereocenters. The quantitative estimate of drug-likeness (QED) is 0.608. The maximum atomic E-state index is 13.4. The zero-order valence-electron chi connectivity index (χ0n) is 13.2. The first kappa shape index (κ1) is 16.2. The number of rotatable bonds is 6. The highest BCUT2D eigenvalue weighted by molar-refractivity contribution is 5.89. The number of benzene rings is 1. The van der Waals surface area contributed by atoms with Crippen molar-refractivity contribution in [1.29, 1.82) is 0 Å². The van der Waals surface area contributed by atoms with Gasteiger partial charge in [0.2, 0.25) is 0 Å². The normalized spacial score (nSPS) is 11.7. The lowest BCUT2D eigenvalue weighted by atomic mass is 10.2. The van der Waals surface area contributed by atoms with Gasteiger partial charge in [0.05, 0.1) is 6.61 Å². The smallest absolute Gasteiger partial charge is 0.330 e. The van der Waals surface area contributed by atoms with E-state index in [4.69, 9.17) is 4.74 Å². The summed E-state index contributed by atoms with van der Waals surface area (Å²) in [5.74, 6) is -0.642. The molecule has 118 valence electrons. The largest absolute Gasteiger partial charge is 0.463 e. The van der Waals surface area contributed by atoms with E-state index < -0.39 is 0 Å². The van der Waals surface area contributed by atoms with Crippen molar-refractivity contribution in [2.24, 2.45) is 0 Å². The molecule has 0 atom stereocenters. The first-order valence-corrected chi connectivity index (χ1v) is 7.29. The van der Waals surface area contributed by atoms with Crippen LogP contribution in [0, 0.1) is 5.82 Å². The summed E-state index contributed by atoms with van der Waals surface area (Å²) in [6.07, 6.45) is 3.12. The molecule has 0 aliphatic carbocycles. The number of halogens is 1. The maximum absolute atomic E-state index is 13.4. The molecule has 0 aliphatic heterocycles. The molecular formula is C17H21FN2O2. The van der Waals surface area contributed by atoms with Crippen molar-refractivity contribution in [3.63, 3.8) is 0 Å². The van der Waals surface area contributed by atoms with Crippen LogP contribution in [0.15, 0.2) is 30.3 Å². The SMILES string of the molecule is CCOC(=O)/C=C/c1cc2cc(F)ccc2n1CCN(C)C. The molecule has 2 rings (SSSR count). The second kappa shape index (κ2) is 7.22. The van der Waals surface area contributed by atoms with Gasteiger partial charge in [-0.2, -0.15) is 0 Å². The van der Waals surface area contributed by atoms with E-state index in [1.54, 1.807) is 19.1 Å². The van der Waals surface area contributed by atoms with E-state index >= 15 is 0 Å². The van der Waals surface area contributed by atoms with Crippen LogP contribution in [0.1, 0.15) is 12.6 Å². The molecule has 22 heavy (non-hydrogen) atoms. The molecule has 0 fully saturated rings. The van der Waals surface area contributed by atoms with E-state index in [1.807, 2.05) is 20.2 Å². The van der Waals surface area contributed by atoms with Gasteiger partial charge in [-0.25, -0.2) is 9.18 Å². The van der Waals surface area contributed by atoms with Crippen molar-refractivity contribution in [1.82, 2.24) is 9.47 Å². The first-order valence-electron chi connectivity index (χ1n) is 7.29. The van der Waals surface area contributed by atoms with Crippen molar-refractivity contribution in [3.8, 4) is 0 Å². The standard InChI is InChI=1S/C17H21FN2O2/c1-4-22-17(21)8-6-15-12-13-11-14(18)5-7-16(13)20(15)10-9-19(2)3/h5-8,11-12H,4,9-10H2,1-3H3/b8-6+. The van der Waals surface area contributed by atoms with Crippen LogP contribution in [0.5, 0.6) is 0 Å². The molecule has 0 bridgehead atoms. The predicted molar refractivity (Wildman–Crippen MR) is 86.1 cm³/mol. The molecule has 0 amide bonds. The number of hydrogen-bond acceptors (Lipinski definition) is 3. The average molecular weight is 304 g/mol. The number of ether oxygens (including phenoxy) is 1. The van der Waals surface area contributed by atoms with Crippen LogP contribution in [-0.4, -0.2) is 42.7 Å². The minimum absolute atomic E-state index is 0.266. The number of fused-ring (bicyclic) bond motifs is 1. The Morgan fingerprint density at radius 2 is 2.14 bits per heavy atom. The number of carbonyl (C=O) groups is 1. The zero-order chi connectivity index (χ0) is 16.1. The summed E-state index contributed by atoms with van der Waals surface area (Å²) in [6.45, 7) is 3.71. The van der Waals surface area contributed by atoms with Gasteiger partial charge in [-0.05, 0) is 51.4 Å². The minimum atomic E-state index is -0.377. The lowest BCUT2D eigenvalue weighted by Gasteiger charge is -2.13. The molecule has 0 spiro atoms. The molecule has 0 saturated heterocycles. The molecule has 1 aromatic heterocycles. The highest BCUT2D eigenvalue weighted by Crippen LogP contribution is 2.22. The summed E-state index contributed by atoms with van der Waals surface area (Å²) in [5, 5.41) is 0.822. The predicted octanol–water partition coefficient (Wildman–Crippen LogP) is 2.92. The van der Waals surface area contributed by atoms with E-state index in [2.05, 4.69) is 9.47 Å². The monoisotopic (exact) mass is 304 g/mol. The number of likely N-dealkylation sites (N-methyl/N-ethyl adjacent to an activating group) is 1. The fraction of sp³-hybridized carbons (Fsp3) is 0.353. The number of carbonyl (C=O) groups excluding carboxylic acids is 1. The topological polar surface area (TPSA) is 34.5 Å². The van der Waals surface area contributed by atoms with Gasteiger partial charge in [-0.15, -0.1) is 0 Å². The summed E-state index contributed by atoms with van der Waals surface area (Å²) in [7, 11) is 4.00. The Bertz CT molecular complexity index is 689. The fourth-order valence-electron chi connectivity index (χ4n) is 2.29. The Morgan fingerprint density at radius 1 is 1.36 bits per heavy atom. The molecule has 0 saturated carbocycles. The van der Waals surface area contributed by atoms with Crippen molar-refractivity contribution < 1.29 is 13.9 Å². The van der Waals surface area contributed by atoms with E-state index in [9.17, 15) is 9.18 Å². The van der Waals surface area contributed by atoms with Gasteiger partial charge in [0.25, 0.3) is 0 Å². The van der Waals surface area contributed by atoms with Gasteiger partial charge in [-0.1, -0.05) is 0 Å². The molecule has 2 aromatic rings. The summed E-state index contributed by atoms with van der Waals surface area (Å²) in [5.41, 5.74) is 1.81. The molecular weight excluding hydrogens is 283 g/mol. The van der Waals surface area contributed by atoms with Gasteiger partial charge in [0, 0.05) is 35.8 Å². The average Bonchev–Trinajstić information content (AvgIpc) is 2.79. The minimum Gasteiger partial charge on any atom is -0.463 e. The summed E-state index contributed by atoms with van der Waals surface area (Å²) < 4.78 is 20.4. The summed E-state index contributed by atoms with van der Waals surface area (Å²) in [4.78, 5) is 13.6. The molecule has 0 N–H and O–H groups in total. The van der Waals surface area contributed by atoms with Crippen LogP contribution in [0.2, 0.25) is 0 Å². The second-order valence-corrected chi connectivity index (χ2v) is 5.31. The third-order valence-electron chi connectivity index (χ3n) is 3.34. The van der Waals surface area contributed by atoms with E-state index in [0.29, 0.717) is 6.61 Å². The number of aromatic nitrogens is 1. The third kappa shape index (κ3) is 3.95. The van der Waals surface area contributed by atoms with Crippen LogP contribution < -0.4 is 0 Å². The van der Waals surface area contributed by atoms with Crippen molar-refractivity contribution >= 4 is 22.9 Å². The van der Waals surface area contributed by atoms with Gasteiger partial charge in [0.15, 0.2) is 0 Å². The molecule has 1 aromatic carbocycles. The van der Waals surface area contributed by atoms with E-state index in [0.717, 1.165) is 29.7 Å². The zero-order valence-corrected chi connectivity index (χ0v) is 13.2. The van der Waals surface area contributed by atoms with E-state index in [1.165, 1.54) is 18.2 Å². The first-order chi connectivity index (χ1) is 10.5. The Labute approximate surface area is 129 Å². The van der Waals surface area contributed by atoms with Crippen molar-refractivity contribution in [2.75, 3.05) is 27.2 Å². The molecule has 4 nitrogen and oxygen atoms in total. The Kier molecular flexibility index (Phi) is 5.33. The highest BCUT2D eigenvalue weighted by atomic mass is 19.1. The number of nitrogens with zero attached hydrogens (tertiary/aromatic N) is 2. The van der Waals surface area contributed by atoms with Crippen LogP contribution in [0.3, 0.4) is 0 Å². The Hall–Kier alpha value is -2.14. The number of esters is 1. The van der Waals surface area contributed by atoms with Crippen LogP contribution in [0.4, 0.5) is 4.39 Å². The highest BCUT2D eigenvalue weighted by Gasteiger charge is 2.08. The lowest BCUT2D eigenvalue weighted by molar-refractivity contribution is -0.137. The van der Waals surface area contributed by atoms with E-state index in [-0.39, 0.29) is 11.8 Å². The fourth-order valence-corrected chi connectivity index (χ4v) is 2.29. The van der Waals surface area contributed by atoms with Crippen LogP contribution in [0.25, 0.3) is 17.0 Å². The van der Waals surface area contributed by atoms with Gasteiger partial charge >= 0.3 is 5.97 Å². The summed E-state index contributed by atoms with van der Waals surface area (Å²) >= 11 is 0. The maximum Gasteiger partial charge on any atom is 0.330 e. The third-order valence-corrected chi connectivity index (χ3v) is 3.34. The molecule has 5 heteroatoms. The Balaban J connectivity index is 2.37. The molecule has 1 heterocycles. The number of hydrogen-bond donors (Lipinski definition) is 0.